The molecule has 0 atom stereocenters. The van der Waals surface area contributed by atoms with E-state index in [4.69, 9.17) is 16.3 Å². The highest BCUT2D eigenvalue weighted by Gasteiger charge is 2.34. The topological polar surface area (TPSA) is 38.7 Å². The Morgan fingerprint density at radius 3 is 2.05 bits per heavy atom. The minimum absolute atomic E-state index is 0.000339. The Hall–Kier alpha value is -1.56. The molecule has 0 aliphatic heterocycles. The summed E-state index contributed by atoms with van der Waals surface area (Å²) in [5, 5.41) is -1.47. The molecule has 1 rings (SSSR count). The van der Waals surface area contributed by atoms with Gasteiger partial charge in [-0.3, -0.25) is 0 Å². The van der Waals surface area contributed by atoms with Crippen molar-refractivity contribution < 1.29 is 22.7 Å². The molecule has 7 heteroatoms. The van der Waals surface area contributed by atoms with Crippen molar-refractivity contribution in [1.29, 1.82) is 0 Å². The molecule has 20 heavy (non-hydrogen) atoms. The number of nitrogens with zero attached hydrogens (tertiary/aromatic N) is 1. The third kappa shape index (κ3) is 5.21. The van der Waals surface area contributed by atoms with E-state index in [0.29, 0.717) is 0 Å². The highest BCUT2D eigenvalue weighted by atomic mass is 35.5. The second kappa shape index (κ2) is 5.83. The average Bonchev–Trinajstić information content (AvgIpc) is 2.26. The predicted octanol–water partition coefficient (Wildman–Crippen LogP) is 4.47. The lowest BCUT2D eigenvalue weighted by Gasteiger charge is -2.19. The quantitative estimate of drug-likeness (QED) is 0.597. The Bertz CT molecular complexity index is 516. The molecule has 0 radical (unpaired) electrons. The molecule has 0 aliphatic carbocycles. The molecule has 110 valence electrons. The van der Waals surface area contributed by atoms with Gasteiger partial charge in [-0.1, -0.05) is 11.6 Å². The van der Waals surface area contributed by atoms with Gasteiger partial charge in [-0.05, 0) is 45.0 Å². The molecule has 3 nitrogen and oxygen atoms in total. The van der Waals surface area contributed by atoms with Crippen LogP contribution < -0.4 is 0 Å². The number of benzene rings is 1. The molecular formula is C13H13ClF3NO2. The molecule has 0 saturated carbocycles. The first-order valence-electron chi connectivity index (χ1n) is 5.64. The van der Waals surface area contributed by atoms with Crippen LogP contribution in [0.25, 0.3) is 0 Å². The Kier molecular flexibility index (Phi) is 4.81. The number of rotatable bonds is 2. The summed E-state index contributed by atoms with van der Waals surface area (Å²) in [6.45, 7) is 5.14. The molecule has 0 aliphatic rings. The average molecular weight is 308 g/mol. The summed E-state index contributed by atoms with van der Waals surface area (Å²) >= 11 is 5.01. The van der Waals surface area contributed by atoms with Crippen LogP contribution in [0, 0.1) is 0 Å². The van der Waals surface area contributed by atoms with E-state index in [0.717, 1.165) is 0 Å². The third-order valence-electron chi connectivity index (χ3n) is 1.96. The molecule has 0 fully saturated rings. The summed E-state index contributed by atoms with van der Waals surface area (Å²) in [4.78, 5) is 14.9. The summed E-state index contributed by atoms with van der Waals surface area (Å²) < 4.78 is 41.7. The summed E-state index contributed by atoms with van der Waals surface area (Å²) in [6.07, 6.45) is -4.69. The largest absolute Gasteiger partial charge is 0.456 e. The SMILES string of the molecule is CC(C)(C)OC(=O)c1ccc(N=C(Cl)C(F)(F)F)cc1. The zero-order valence-electron chi connectivity index (χ0n) is 11.1. The van der Waals surface area contributed by atoms with Crippen LogP contribution in [-0.4, -0.2) is 22.9 Å². The number of halogens is 4. The van der Waals surface area contributed by atoms with Crippen molar-refractivity contribution >= 4 is 28.4 Å². The molecule has 0 bridgehead atoms. The Labute approximate surface area is 119 Å². The van der Waals surface area contributed by atoms with E-state index in [-0.39, 0.29) is 11.3 Å². The number of esters is 1. The summed E-state index contributed by atoms with van der Waals surface area (Å²) in [7, 11) is 0. The Morgan fingerprint density at radius 1 is 1.15 bits per heavy atom. The van der Waals surface area contributed by atoms with Gasteiger partial charge < -0.3 is 4.74 Å². The second-order valence-corrected chi connectivity index (χ2v) is 5.31. The van der Waals surface area contributed by atoms with Gasteiger partial charge in [0.1, 0.15) is 5.60 Å². The van der Waals surface area contributed by atoms with Crippen molar-refractivity contribution in [3.63, 3.8) is 0 Å². The normalized spacial score (nSPS) is 13.2. The molecular weight excluding hydrogens is 295 g/mol. The minimum atomic E-state index is -4.69. The summed E-state index contributed by atoms with van der Waals surface area (Å²) in [5.41, 5.74) is -0.422. The van der Waals surface area contributed by atoms with Gasteiger partial charge >= 0.3 is 12.1 Å². The van der Waals surface area contributed by atoms with E-state index in [1.165, 1.54) is 24.3 Å². The van der Waals surface area contributed by atoms with Crippen LogP contribution in [0.1, 0.15) is 31.1 Å². The van der Waals surface area contributed by atoms with Crippen molar-refractivity contribution in [1.82, 2.24) is 0 Å². The molecule has 1 aromatic carbocycles. The van der Waals surface area contributed by atoms with Crippen LogP contribution in [0.3, 0.4) is 0 Å². The third-order valence-corrected chi connectivity index (χ3v) is 2.26. The van der Waals surface area contributed by atoms with E-state index in [1.807, 2.05) is 0 Å². The first-order chi connectivity index (χ1) is 8.99. The number of aliphatic imine (C=N–C) groups is 1. The summed E-state index contributed by atoms with van der Waals surface area (Å²) in [5.74, 6) is -0.560. The first kappa shape index (κ1) is 16.5. The van der Waals surface area contributed by atoms with Gasteiger partial charge in [-0.2, -0.15) is 13.2 Å². The fourth-order valence-corrected chi connectivity index (χ4v) is 1.28. The van der Waals surface area contributed by atoms with Gasteiger partial charge in [0.25, 0.3) is 0 Å². The molecule has 0 unspecified atom stereocenters. The lowest BCUT2D eigenvalue weighted by Crippen LogP contribution is -2.23. The molecule has 0 spiro atoms. The lowest BCUT2D eigenvalue weighted by atomic mass is 10.1. The molecule has 0 N–H and O–H groups in total. The Balaban J connectivity index is 2.87. The van der Waals surface area contributed by atoms with Crippen LogP contribution in [0.2, 0.25) is 0 Å². The van der Waals surface area contributed by atoms with Gasteiger partial charge in [0.2, 0.25) is 5.17 Å². The maximum atomic E-state index is 12.2. The zero-order chi connectivity index (χ0) is 15.6. The number of carbonyl (C=O) groups excluding carboxylic acids is 1. The van der Waals surface area contributed by atoms with Crippen LogP contribution in [0.5, 0.6) is 0 Å². The van der Waals surface area contributed by atoms with Gasteiger partial charge in [0.05, 0.1) is 11.3 Å². The second-order valence-electron chi connectivity index (χ2n) is 4.95. The van der Waals surface area contributed by atoms with Gasteiger partial charge in [-0.25, -0.2) is 9.79 Å². The van der Waals surface area contributed by atoms with E-state index in [1.54, 1.807) is 20.8 Å². The summed E-state index contributed by atoms with van der Waals surface area (Å²) in [6, 6.07) is 5.17. The minimum Gasteiger partial charge on any atom is -0.456 e. The van der Waals surface area contributed by atoms with Crippen molar-refractivity contribution in [3.05, 3.63) is 29.8 Å². The highest BCUT2D eigenvalue weighted by molar-refractivity contribution is 6.67. The fraction of sp³-hybridized carbons (Fsp3) is 0.385. The molecule has 0 heterocycles. The van der Waals surface area contributed by atoms with Gasteiger partial charge in [0, 0.05) is 0 Å². The van der Waals surface area contributed by atoms with E-state index < -0.39 is 22.9 Å². The highest BCUT2D eigenvalue weighted by Crippen LogP contribution is 2.24. The number of hydrogen-bond donors (Lipinski definition) is 0. The molecule has 1 aromatic rings. The standard InChI is InChI=1S/C13H13ClF3NO2/c1-12(2,3)20-10(19)8-4-6-9(7-5-8)18-11(14)13(15,16)17/h4-7H,1-3H3. The van der Waals surface area contributed by atoms with Crippen LogP contribution in [0.4, 0.5) is 18.9 Å². The smallest absolute Gasteiger partial charge is 0.444 e. The van der Waals surface area contributed by atoms with Gasteiger partial charge in [-0.15, -0.1) is 0 Å². The van der Waals surface area contributed by atoms with Crippen LogP contribution in [-0.2, 0) is 4.74 Å². The number of alkyl halides is 3. The van der Waals surface area contributed by atoms with Crippen molar-refractivity contribution in [2.45, 2.75) is 32.5 Å². The van der Waals surface area contributed by atoms with E-state index in [9.17, 15) is 18.0 Å². The fourth-order valence-electron chi connectivity index (χ4n) is 1.19. The van der Waals surface area contributed by atoms with Crippen molar-refractivity contribution in [2.24, 2.45) is 4.99 Å². The first-order valence-corrected chi connectivity index (χ1v) is 6.01. The van der Waals surface area contributed by atoms with Crippen molar-refractivity contribution in [2.75, 3.05) is 0 Å². The number of ether oxygens (including phenoxy) is 1. The zero-order valence-corrected chi connectivity index (χ0v) is 11.8. The van der Waals surface area contributed by atoms with Gasteiger partial charge in [0.15, 0.2) is 0 Å². The van der Waals surface area contributed by atoms with E-state index >= 15 is 0 Å². The molecule has 0 amide bonds. The molecule has 0 saturated heterocycles. The maximum absolute atomic E-state index is 12.2. The van der Waals surface area contributed by atoms with Crippen LogP contribution >= 0.6 is 11.6 Å². The monoisotopic (exact) mass is 307 g/mol. The number of hydrogen-bond acceptors (Lipinski definition) is 3. The van der Waals surface area contributed by atoms with E-state index in [2.05, 4.69) is 4.99 Å². The van der Waals surface area contributed by atoms with Crippen LogP contribution in [0.15, 0.2) is 29.3 Å². The molecule has 0 aromatic heterocycles. The Morgan fingerprint density at radius 2 is 1.65 bits per heavy atom. The van der Waals surface area contributed by atoms with Crippen molar-refractivity contribution in [3.8, 4) is 0 Å². The lowest BCUT2D eigenvalue weighted by molar-refractivity contribution is -0.0558. The maximum Gasteiger partial charge on any atom is 0.444 e. The number of carbonyl (C=O) groups is 1. The predicted molar refractivity (Wildman–Crippen MR) is 70.6 cm³/mol.